The van der Waals surface area contributed by atoms with E-state index >= 15 is 0 Å². The predicted molar refractivity (Wildman–Crippen MR) is 80.6 cm³/mol. The maximum atomic E-state index is 9.72. The third kappa shape index (κ3) is 3.48. The summed E-state index contributed by atoms with van der Waals surface area (Å²) in [7, 11) is 4.09. The van der Waals surface area contributed by atoms with Gasteiger partial charge in [0.1, 0.15) is 0 Å². The molecule has 1 unspecified atom stereocenters. The Morgan fingerprint density at radius 3 is 2.26 bits per heavy atom. The molecule has 1 atom stereocenters. The Kier molecular flexibility index (Phi) is 4.83. The summed E-state index contributed by atoms with van der Waals surface area (Å²) < 4.78 is 0. The molecule has 106 valence electrons. The molecule has 19 heavy (non-hydrogen) atoms. The lowest BCUT2D eigenvalue weighted by Gasteiger charge is -2.36. The number of hydrogen-bond donors (Lipinski definition) is 1. The lowest BCUT2D eigenvalue weighted by Crippen LogP contribution is -2.37. The molecule has 0 aromatic heterocycles. The lowest BCUT2D eigenvalue weighted by molar-refractivity contribution is 0.0897. The van der Waals surface area contributed by atoms with Gasteiger partial charge in [0.25, 0.3) is 0 Å². The molecule has 1 aromatic carbocycles. The first-order chi connectivity index (χ1) is 9.11. The van der Waals surface area contributed by atoms with Crippen molar-refractivity contribution in [2.24, 2.45) is 5.92 Å². The maximum absolute atomic E-state index is 9.72. The van der Waals surface area contributed by atoms with E-state index in [0.717, 1.165) is 19.0 Å². The normalized spacial score (nSPS) is 19.4. The fourth-order valence-electron chi connectivity index (χ4n) is 2.77. The van der Waals surface area contributed by atoms with E-state index in [1.165, 1.54) is 24.1 Å². The number of hydrogen-bond acceptors (Lipinski definition) is 3. The average Bonchev–Trinajstić information content (AvgIpc) is 2.42. The summed E-state index contributed by atoms with van der Waals surface area (Å²) in [4.78, 5) is 4.52. The van der Waals surface area contributed by atoms with Gasteiger partial charge in [-0.2, -0.15) is 0 Å². The van der Waals surface area contributed by atoms with Crippen molar-refractivity contribution in [1.29, 1.82) is 0 Å². The van der Waals surface area contributed by atoms with E-state index in [4.69, 9.17) is 0 Å². The summed E-state index contributed by atoms with van der Waals surface area (Å²) in [5.41, 5.74) is 2.43. The monoisotopic (exact) mass is 262 g/mol. The van der Waals surface area contributed by atoms with Crippen molar-refractivity contribution in [3.8, 4) is 0 Å². The van der Waals surface area contributed by atoms with Crippen LogP contribution in [0.1, 0.15) is 31.4 Å². The molecule has 1 aromatic rings. The van der Waals surface area contributed by atoms with Crippen LogP contribution >= 0.6 is 0 Å². The van der Waals surface area contributed by atoms with E-state index in [9.17, 15) is 5.11 Å². The van der Waals surface area contributed by atoms with Crippen LogP contribution in [0.3, 0.4) is 0 Å². The number of aliphatic hydroxyl groups is 1. The van der Waals surface area contributed by atoms with Gasteiger partial charge in [0.15, 0.2) is 0 Å². The fraction of sp³-hybridized carbons (Fsp3) is 0.625. The van der Waals surface area contributed by atoms with Gasteiger partial charge in [-0.25, -0.2) is 0 Å². The molecule has 1 fully saturated rings. The molecule has 0 spiro atoms. The first-order valence-electron chi connectivity index (χ1n) is 7.24. The minimum Gasteiger partial charge on any atom is -0.394 e. The van der Waals surface area contributed by atoms with Gasteiger partial charge < -0.3 is 10.0 Å². The van der Waals surface area contributed by atoms with Gasteiger partial charge in [-0.1, -0.05) is 19.1 Å². The molecule has 0 saturated carbocycles. The van der Waals surface area contributed by atoms with E-state index < -0.39 is 0 Å². The highest BCUT2D eigenvalue weighted by Crippen LogP contribution is 2.27. The summed E-state index contributed by atoms with van der Waals surface area (Å²) >= 11 is 0. The molecule has 0 aliphatic carbocycles. The summed E-state index contributed by atoms with van der Waals surface area (Å²) in [5, 5.41) is 9.72. The number of anilines is 1. The molecule has 1 N–H and O–H groups in total. The zero-order chi connectivity index (χ0) is 13.8. The standard InChI is InChI=1S/C16H26N2O/c1-13-8-10-18(11-9-13)16(12-19)14-4-6-15(7-5-14)17(2)3/h4-7,13,16,19H,8-12H2,1-3H3. The summed E-state index contributed by atoms with van der Waals surface area (Å²) in [6.45, 7) is 4.72. The zero-order valence-corrected chi connectivity index (χ0v) is 12.3. The first kappa shape index (κ1) is 14.4. The van der Waals surface area contributed by atoms with Crippen molar-refractivity contribution in [2.45, 2.75) is 25.8 Å². The second-order valence-electron chi connectivity index (χ2n) is 5.90. The smallest absolute Gasteiger partial charge is 0.0628 e. The van der Waals surface area contributed by atoms with Crippen LogP contribution in [0.15, 0.2) is 24.3 Å². The van der Waals surface area contributed by atoms with Crippen molar-refractivity contribution in [1.82, 2.24) is 4.90 Å². The topological polar surface area (TPSA) is 26.7 Å². The van der Waals surface area contributed by atoms with E-state index in [2.05, 4.69) is 41.0 Å². The van der Waals surface area contributed by atoms with Crippen LogP contribution in [-0.4, -0.2) is 43.8 Å². The molecular weight excluding hydrogens is 236 g/mol. The highest BCUT2D eigenvalue weighted by Gasteiger charge is 2.23. The van der Waals surface area contributed by atoms with Crippen LogP contribution in [0.5, 0.6) is 0 Å². The minimum absolute atomic E-state index is 0.156. The van der Waals surface area contributed by atoms with Crippen molar-refractivity contribution in [2.75, 3.05) is 38.7 Å². The SMILES string of the molecule is CC1CCN(C(CO)c2ccc(N(C)C)cc2)CC1. The van der Waals surface area contributed by atoms with Gasteiger partial charge in [0.05, 0.1) is 12.6 Å². The first-order valence-corrected chi connectivity index (χ1v) is 7.24. The summed E-state index contributed by atoms with van der Waals surface area (Å²) in [5.74, 6) is 0.826. The van der Waals surface area contributed by atoms with Crippen LogP contribution in [0.2, 0.25) is 0 Å². The van der Waals surface area contributed by atoms with Gasteiger partial charge in [0.2, 0.25) is 0 Å². The number of piperidine rings is 1. The van der Waals surface area contributed by atoms with Gasteiger partial charge in [-0.15, -0.1) is 0 Å². The molecule has 2 rings (SSSR count). The summed E-state index contributed by atoms with van der Waals surface area (Å²) in [6.07, 6.45) is 2.48. The average molecular weight is 262 g/mol. The van der Waals surface area contributed by atoms with Gasteiger partial charge in [0, 0.05) is 19.8 Å². The molecule has 3 heteroatoms. The number of nitrogens with zero attached hydrogens (tertiary/aromatic N) is 2. The predicted octanol–water partition coefficient (Wildman–Crippen LogP) is 2.52. The van der Waals surface area contributed by atoms with E-state index in [0.29, 0.717) is 0 Å². The Labute approximate surface area is 116 Å². The van der Waals surface area contributed by atoms with Crippen molar-refractivity contribution in [3.63, 3.8) is 0 Å². The number of likely N-dealkylation sites (tertiary alicyclic amines) is 1. The van der Waals surface area contributed by atoms with Crippen LogP contribution in [0, 0.1) is 5.92 Å². The third-order valence-corrected chi connectivity index (χ3v) is 4.23. The second-order valence-corrected chi connectivity index (χ2v) is 5.90. The molecule has 0 amide bonds. The molecule has 1 aliphatic rings. The Bertz CT molecular complexity index is 380. The summed E-state index contributed by atoms with van der Waals surface area (Å²) in [6, 6.07) is 8.71. The quantitative estimate of drug-likeness (QED) is 0.903. The number of benzene rings is 1. The molecule has 1 heterocycles. The molecule has 3 nitrogen and oxygen atoms in total. The lowest BCUT2D eigenvalue weighted by atomic mass is 9.96. The Morgan fingerprint density at radius 1 is 1.21 bits per heavy atom. The Hall–Kier alpha value is -1.06. The minimum atomic E-state index is 0.156. The molecule has 1 saturated heterocycles. The number of rotatable bonds is 4. The van der Waals surface area contributed by atoms with E-state index in [1.54, 1.807) is 0 Å². The number of aliphatic hydroxyl groups excluding tert-OH is 1. The maximum Gasteiger partial charge on any atom is 0.0628 e. The van der Waals surface area contributed by atoms with Gasteiger partial charge in [-0.3, -0.25) is 4.90 Å². The van der Waals surface area contributed by atoms with Crippen LogP contribution in [0.4, 0.5) is 5.69 Å². The van der Waals surface area contributed by atoms with Gasteiger partial charge in [-0.05, 0) is 49.5 Å². The van der Waals surface area contributed by atoms with Crippen molar-refractivity contribution < 1.29 is 5.11 Å². The molecule has 0 bridgehead atoms. The second kappa shape index (κ2) is 6.40. The fourth-order valence-corrected chi connectivity index (χ4v) is 2.77. The third-order valence-electron chi connectivity index (χ3n) is 4.23. The van der Waals surface area contributed by atoms with Crippen LogP contribution in [0.25, 0.3) is 0 Å². The zero-order valence-electron chi connectivity index (χ0n) is 12.3. The Morgan fingerprint density at radius 2 is 1.79 bits per heavy atom. The van der Waals surface area contributed by atoms with Crippen molar-refractivity contribution >= 4 is 5.69 Å². The molecule has 1 aliphatic heterocycles. The molecule has 0 radical (unpaired) electrons. The van der Waals surface area contributed by atoms with Gasteiger partial charge >= 0.3 is 0 Å². The largest absolute Gasteiger partial charge is 0.394 e. The van der Waals surface area contributed by atoms with Crippen molar-refractivity contribution in [3.05, 3.63) is 29.8 Å². The van der Waals surface area contributed by atoms with E-state index in [-0.39, 0.29) is 12.6 Å². The van der Waals surface area contributed by atoms with E-state index in [1.807, 2.05) is 14.1 Å². The highest BCUT2D eigenvalue weighted by molar-refractivity contribution is 5.46. The molecular formula is C16H26N2O. The van der Waals surface area contributed by atoms with Crippen LogP contribution < -0.4 is 4.90 Å². The highest BCUT2D eigenvalue weighted by atomic mass is 16.3. The van der Waals surface area contributed by atoms with Crippen LogP contribution in [-0.2, 0) is 0 Å². The Balaban J connectivity index is 2.08.